The Morgan fingerprint density at radius 3 is 2.89 bits per heavy atom. The molecule has 0 saturated carbocycles. The summed E-state index contributed by atoms with van der Waals surface area (Å²) in [4.78, 5) is 11.4. The zero-order chi connectivity index (χ0) is 13.2. The first kappa shape index (κ1) is 14.6. The largest absolute Gasteiger partial charge is 0.385 e. The quantitative estimate of drug-likeness (QED) is 0.682. The molecule has 1 aromatic carbocycles. The number of carbonyl (C=O) groups is 1. The number of ether oxygens (including phenoxy) is 1. The lowest BCUT2D eigenvalue weighted by Gasteiger charge is -2.07. The summed E-state index contributed by atoms with van der Waals surface area (Å²) in [5.74, 6) is -0.354. The fraction of sp³-hybridized carbons (Fsp3) is 0.462. The van der Waals surface area contributed by atoms with Crippen LogP contribution in [0.15, 0.2) is 24.3 Å². The van der Waals surface area contributed by atoms with Crippen molar-refractivity contribution in [1.29, 1.82) is 0 Å². The van der Waals surface area contributed by atoms with E-state index in [1.54, 1.807) is 25.3 Å². The third-order valence-corrected chi connectivity index (χ3v) is 2.41. The summed E-state index contributed by atoms with van der Waals surface area (Å²) in [6.45, 7) is 1.75. The molecule has 0 unspecified atom stereocenters. The van der Waals surface area contributed by atoms with Crippen molar-refractivity contribution in [1.82, 2.24) is 10.6 Å². The van der Waals surface area contributed by atoms with E-state index in [2.05, 4.69) is 10.6 Å². The highest BCUT2D eigenvalue weighted by atomic mass is 19.1. The second-order valence-electron chi connectivity index (χ2n) is 3.89. The van der Waals surface area contributed by atoms with Crippen LogP contribution in [0.4, 0.5) is 4.39 Å². The molecule has 5 heteroatoms. The number of carbonyl (C=O) groups excluding carboxylic acids is 1. The van der Waals surface area contributed by atoms with E-state index < -0.39 is 0 Å². The zero-order valence-corrected chi connectivity index (χ0v) is 10.5. The van der Waals surface area contributed by atoms with Crippen LogP contribution in [0.5, 0.6) is 0 Å². The molecule has 1 rings (SSSR count). The van der Waals surface area contributed by atoms with Gasteiger partial charge in [-0.25, -0.2) is 4.39 Å². The molecule has 0 aliphatic rings. The van der Waals surface area contributed by atoms with Gasteiger partial charge in [-0.1, -0.05) is 18.2 Å². The van der Waals surface area contributed by atoms with Crippen molar-refractivity contribution in [2.75, 3.05) is 26.8 Å². The standard InChI is InChI=1S/C13H19FN2O2/c1-18-8-4-7-16-13(17)10-15-9-11-5-2-3-6-12(11)14/h2-3,5-6,15H,4,7-10H2,1H3,(H,16,17). The Morgan fingerprint density at radius 1 is 1.39 bits per heavy atom. The van der Waals surface area contributed by atoms with Crippen LogP contribution in [0.3, 0.4) is 0 Å². The molecule has 0 heterocycles. The fourth-order valence-electron chi connectivity index (χ4n) is 1.46. The van der Waals surface area contributed by atoms with Crippen molar-refractivity contribution in [2.24, 2.45) is 0 Å². The van der Waals surface area contributed by atoms with Crippen LogP contribution in [-0.2, 0) is 16.1 Å². The predicted molar refractivity (Wildman–Crippen MR) is 67.6 cm³/mol. The molecule has 1 aromatic rings. The van der Waals surface area contributed by atoms with Gasteiger partial charge in [0.25, 0.3) is 0 Å². The van der Waals surface area contributed by atoms with Gasteiger partial charge in [-0.15, -0.1) is 0 Å². The van der Waals surface area contributed by atoms with E-state index in [4.69, 9.17) is 4.74 Å². The average molecular weight is 254 g/mol. The molecule has 0 aliphatic carbocycles. The maximum Gasteiger partial charge on any atom is 0.233 e. The molecule has 0 fully saturated rings. The van der Waals surface area contributed by atoms with Gasteiger partial charge in [-0.05, 0) is 12.5 Å². The van der Waals surface area contributed by atoms with Crippen molar-refractivity contribution < 1.29 is 13.9 Å². The maximum atomic E-state index is 13.2. The van der Waals surface area contributed by atoms with Crippen molar-refractivity contribution in [3.63, 3.8) is 0 Å². The summed E-state index contributed by atoms with van der Waals surface area (Å²) in [7, 11) is 1.62. The normalized spacial score (nSPS) is 10.3. The second kappa shape index (κ2) is 8.60. The Kier molecular flexibility index (Phi) is 6.98. The van der Waals surface area contributed by atoms with Gasteiger partial charge in [0.1, 0.15) is 5.82 Å². The summed E-state index contributed by atoms with van der Waals surface area (Å²) < 4.78 is 18.1. The molecule has 0 atom stereocenters. The summed E-state index contributed by atoms with van der Waals surface area (Å²) in [5, 5.41) is 5.64. The van der Waals surface area contributed by atoms with Gasteiger partial charge >= 0.3 is 0 Å². The summed E-state index contributed by atoms with van der Waals surface area (Å²) in [6.07, 6.45) is 0.787. The zero-order valence-electron chi connectivity index (χ0n) is 10.5. The van der Waals surface area contributed by atoms with Crippen molar-refractivity contribution in [3.05, 3.63) is 35.6 Å². The average Bonchev–Trinajstić information content (AvgIpc) is 2.37. The first-order chi connectivity index (χ1) is 8.74. The minimum Gasteiger partial charge on any atom is -0.385 e. The highest BCUT2D eigenvalue weighted by Crippen LogP contribution is 2.04. The van der Waals surface area contributed by atoms with Gasteiger partial charge in [0.15, 0.2) is 0 Å². The van der Waals surface area contributed by atoms with E-state index >= 15 is 0 Å². The first-order valence-electron chi connectivity index (χ1n) is 5.94. The molecule has 0 aliphatic heterocycles. The van der Waals surface area contributed by atoms with Crippen LogP contribution in [0.1, 0.15) is 12.0 Å². The Hall–Kier alpha value is -1.46. The molecular formula is C13H19FN2O2. The van der Waals surface area contributed by atoms with E-state index in [-0.39, 0.29) is 18.3 Å². The lowest BCUT2D eigenvalue weighted by molar-refractivity contribution is -0.120. The summed E-state index contributed by atoms with van der Waals surface area (Å²) in [5.41, 5.74) is 0.560. The monoisotopic (exact) mass is 254 g/mol. The van der Waals surface area contributed by atoms with Gasteiger partial charge in [-0.3, -0.25) is 4.79 Å². The van der Waals surface area contributed by atoms with Crippen LogP contribution in [0.2, 0.25) is 0 Å². The van der Waals surface area contributed by atoms with Crippen LogP contribution >= 0.6 is 0 Å². The molecule has 0 radical (unpaired) electrons. The highest BCUT2D eigenvalue weighted by Gasteiger charge is 2.02. The lowest BCUT2D eigenvalue weighted by Crippen LogP contribution is -2.34. The molecule has 0 saturated heterocycles. The number of hydrogen-bond donors (Lipinski definition) is 2. The van der Waals surface area contributed by atoms with Gasteiger partial charge in [0.2, 0.25) is 5.91 Å². The molecule has 1 amide bonds. The molecule has 2 N–H and O–H groups in total. The van der Waals surface area contributed by atoms with Gasteiger partial charge in [0.05, 0.1) is 6.54 Å². The third-order valence-electron chi connectivity index (χ3n) is 2.41. The summed E-state index contributed by atoms with van der Waals surface area (Å²) >= 11 is 0. The van der Waals surface area contributed by atoms with Crippen LogP contribution in [0.25, 0.3) is 0 Å². The van der Waals surface area contributed by atoms with Gasteiger partial charge < -0.3 is 15.4 Å². The minimum absolute atomic E-state index is 0.0950. The number of methoxy groups -OCH3 is 1. The number of nitrogens with one attached hydrogen (secondary N) is 2. The SMILES string of the molecule is COCCCNC(=O)CNCc1ccccc1F. The molecule has 4 nitrogen and oxygen atoms in total. The van der Waals surface area contributed by atoms with Crippen LogP contribution in [-0.4, -0.2) is 32.7 Å². The predicted octanol–water partition coefficient (Wildman–Crippen LogP) is 1.07. The second-order valence-corrected chi connectivity index (χ2v) is 3.89. The number of rotatable bonds is 8. The van der Waals surface area contributed by atoms with E-state index in [1.807, 2.05) is 0 Å². The molecule has 100 valence electrons. The Labute approximate surface area is 107 Å². The minimum atomic E-state index is -0.259. The number of halogens is 1. The van der Waals surface area contributed by atoms with Gasteiger partial charge in [-0.2, -0.15) is 0 Å². The highest BCUT2D eigenvalue weighted by molar-refractivity contribution is 5.77. The molecule has 0 spiro atoms. The molecule has 0 aromatic heterocycles. The Morgan fingerprint density at radius 2 is 2.17 bits per heavy atom. The van der Waals surface area contributed by atoms with Gasteiger partial charge in [0, 0.05) is 32.4 Å². The van der Waals surface area contributed by atoms with Crippen LogP contribution in [0, 0.1) is 5.82 Å². The Bertz CT molecular complexity index is 372. The van der Waals surface area contributed by atoms with Crippen LogP contribution < -0.4 is 10.6 Å². The number of hydrogen-bond acceptors (Lipinski definition) is 3. The van der Waals surface area contributed by atoms with Crippen molar-refractivity contribution in [2.45, 2.75) is 13.0 Å². The van der Waals surface area contributed by atoms with E-state index in [1.165, 1.54) is 6.07 Å². The first-order valence-corrected chi connectivity index (χ1v) is 5.94. The van der Waals surface area contributed by atoms with E-state index in [0.717, 1.165) is 6.42 Å². The molecular weight excluding hydrogens is 235 g/mol. The molecule has 0 bridgehead atoms. The summed E-state index contributed by atoms with van der Waals surface area (Å²) in [6, 6.07) is 6.51. The maximum absolute atomic E-state index is 13.2. The molecule has 18 heavy (non-hydrogen) atoms. The van der Waals surface area contributed by atoms with Crippen molar-refractivity contribution >= 4 is 5.91 Å². The number of benzene rings is 1. The fourth-order valence-corrected chi connectivity index (χ4v) is 1.46. The Balaban J connectivity index is 2.14. The van der Waals surface area contributed by atoms with E-state index in [0.29, 0.717) is 25.3 Å². The van der Waals surface area contributed by atoms with Crippen molar-refractivity contribution in [3.8, 4) is 0 Å². The topological polar surface area (TPSA) is 50.4 Å². The smallest absolute Gasteiger partial charge is 0.233 e. The third kappa shape index (κ3) is 5.75. The number of amides is 1. The lowest BCUT2D eigenvalue weighted by atomic mass is 10.2. The van der Waals surface area contributed by atoms with E-state index in [9.17, 15) is 9.18 Å².